The van der Waals surface area contributed by atoms with Gasteiger partial charge in [0.15, 0.2) is 5.16 Å². The van der Waals surface area contributed by atoms with Gasteiger partial charge >= 0.3 is 0 Å². The van der Waals surface area contributed by atoms with Crippen molar-refractivity contribution in [3.8, 4) is 5.75 Å². The van der Waals surface area contributed by atoms with Gasteiger partial charge in [-0.3, -0.25) is 4.79 Å². The molecule has 1 atom stereocenters. The molecule has 1 heterocycles. The molecule has 154 valence electrons. The van der Waals surface area contributed by atoms with Crippen LogP contribution in [0.2, 0.25) is 0 Å². The first-order chi connectivity index (χ1) is 14.7. The van der Waals surface area contributed by atoms with Crippen LogP contribution in [0, 0.1) is 0 Å². The van der Waals surface area contributed by atoms with E-state index in [4.69, 9.17) is 4.74 Å². The van der Waals surface area contributed by atoms with Crippen molar-refractivity contribution in [3.05, 3.63) is 66.0 Å². The van der Waals surface area contributed by atoms with Crippen LogP contribution >= 0.6 is 11.8 Å². The summed E-state index contributed by atoms with van der Waals surface area (Å²) in [7, 11) is 1.63. The highest BCUT2D eigenvalue weighted by Gasteiger charge is 2.37. The molecule has 2 fully saturated rings. The molecule has 1 unspecified atom stereocenters. The zero-order valence-electron chi connectivity index (χ0n) is 16.8. The first-order valence-corrected chi connectivity index (χ1v) is 11.2. The van der Waals surface area contributed by atoms with Gasteiger partial charge in [0.05, 0.1) is 7.11 Å². The number of aromatic nitrogens is 3. The lowest BCUT2D eigenvalue weighted by molar-refractivity contribution is -0.115. The zero-order valence-corrected chi connectivity index (χ0v) is 17.6. The van der Waals surface area contributed by atoms with Crippen LogP contribution in [0.5, 0.6) is 5.75 Å². The van der Waals surface area contributed by atoms with Crippen LogP contribution in [-0.2, 0) is 4.79 Å². The van der Waals surface area contributed by atoms with Crippen molar-refractivity contribution in [1.82, 2.24) is 14.8 Å². The summed E-state index contributed by atoms with van der Waals surface area (Å²) in [5.74, 6) is 2.32. The van der Waals surface area contributed by atoms with Gasteiger partial charge in [-0.05, 0) is 55.5 Å². The summed E-state index contributed by atoms with van der Waals surface area (Å²) >= 11 is 1.49. The fourth-order valence-corrected chi connectivity index (χ4v) is 4.67. The van der Waals surface area contributed by atoms with Gasteiger partial charge < -0.3 is 14.6 Å². The first kappa shape index (κ1) is 19.2. The molecule has 30 heavy (non-hydrogen) atoms. The molecule has 0 spiro atoms. The number of thioether (sulfide) groups is 1. The normalized spacial score (nSPS) is 16.8. The van der Waals surface area contributed by atoms with Crippen LogP contribution in [0.1, 0.15) is 54.3 Å². The fourth-order valence-electron chi connectivity index (χ4n) is 3.55. The van der Waals surface area contributed by atoms with Crippen molar-refractivity contribution in [2.75, 3.05) is 12.4 Å². The summed E-state index contributed by atoms with van der Waals surface area (Å²) in [6.45, 7) is 0. The highest BCUT2D eigenvalue weighted by molar-refractivity contribution is 8.00. The molecule has 1 N–H and O–H groups in total. The van der Waals surface area contributed by atoms with Gasteiger partial charge in [-0.2, -0.15) is 0 Å². The van der Waals surface area contributed by atoms with E-state index in [0.29, 0.717) is 12.0 Å². The predicted octanol–water partition coefficient (Wildman–Crippen LogP) is 4.97. The summed E-state index contributed by atoms with van der Waals surface area (Å²) < 4.78 is 7.49. The van der Waals surface area contributed by atoms with E-state index >= 15 is 0 Å². The van der Waals surface area contributed by atoms with Crippen molar-refractivity contribution < 1.29 is 9.53 Å². The summed E-state index contributed by atoms with van der Waals surface area (Å²) in [6, 6.07) is 17.7. The Kier molecular flexibility index (Phi) is 5.21. The molecule has 1 aromatic heterocycles. The average Bonchev–Trinajstić information content (AvgIpc) is 3.72. The Hall–Kier alpha value is -2.80. The topological polar surface area (TPSA) is 69.0 Å². The molecule has 2 saturated carbocycles. The average molecular weight is 421 g/mol. The van der Waals surface area contributed by atoms with E-state index in [0.717, 1.165) is 28.0 Å². The Morgan fingerprint density at radius 2 is 1.80 bits per heavy atom. The van der Waals surface area contributed by atoms with Gasteiger partial charge in [-0.15, -0.1) is 10.2 Å². The highest BCUT2D eigenvalue weighted by atomic mass is 32.2. The maximum atomic E-state index is 13.3. The molecule has 0 bridgehead atoms. The second kappa shape index (κ2) is 8.14. The smallest absolute Gasteiger partial charge is 0.242 e. The number of carbonyl (C=O) groups excluding carboxylic acids is 1. The first-order valence-electron chi connectivity index (χ1n) is 10.3. The predicted molar refractivity (Wildman–Crippen MR) is 117 cm³/mol. The quantitative estimate of drug-likeness (QED) is 0.521. The number of amides is 1. The number of methoxy groups -OCH3 is 1. The minimum Gasteiger partial charge on any atom is -0.497 e. The molecule has 2 aliphatic carbocycles. The van der Waals surface area contributed by atoms with Crippen molar-refractivity contribution in [3.63, 3.8) is 0 Å². The number of rotatable bonds is 8. The van der Waals surface area contributed by atoms with Crippen LogP contribution in [0.4, 0.5) is 5.69 Å². The standard InChI is InChI=1S/C23H24N4O2S/c1-29-19-13-9-17(10-14-19)24-22(28)20(15-5-3-2-4-6-15)30-23-26-25-21(16-7-8-16)27(23)18-11-12-18/h2-6,9-10,13-14,16,18,20H,7-8,11-12H2,1H3,(H,24,28). The van der Waals surface area contributed by atoms with E-state index in [1.807, 2.05) is 54.6 Å². The maximum Gasteiger partial charge on any atom is 0.242 e. The van der Waals surface area contributed by atoms with Gasteiger partial charge in [-0.25, -0.2) is 0 Å². The Morgan fingerprint density at radius 1 is 1.07 bits per heavy atom. The zero-order chi connectivity index (χ0) is 20.5. The van der Waals surface area contributed by atoms with Gasteiger partial charge in [0.2, 0.25) is 5.91 Å². The third-order valence-corrected chi connectivity index (χ3v) is 6.68. The molecule has 0 aliphatic heterocycles. The highest BCUT2D eigenvalue weighted by Crippen LogP contribution is 2.47. The molecule has 7 heteroatoms. The number of benzene rings is 2. The Bertz CT molecular complexity index is 1030. The van der Waals surface area contributed by atoms with E-state index < -0.39 is 5.25 Å². The maximum absolute atomic E-state index is 13.3. The van der Waals surface area contributed by atoms with Crippen LogP contribution < -0.4 is 10.1 Å². The molecular weight excluding hydrogens is 396 g/mol. The lowest BCUT2D eigenvalue weighted by Gasteiger charge is -2.17. The Morgan fingerprint density at radius 3 is 2.43 bits per heavy atom. The summed E-state index contributed by atoms with van der Waals surface area (Å²) in [6.07, 6.45) is 4.71. The van der Waals surface area contributed by atoms with Crippen LogP contribution in [0.15, 0.2) is 59.8 Å². The largest absolute Gasteiger partial charge is 0.497 e. The Balaban J connectivity index is 1.42. The fraction of sp³-hybridized carbons (Fsp3) is 0.348. The molecule has 2 aromatic carbocycles. The van der Waals surface area contributed by atoms with Crippen LogP contribution in [0.25, 0.3) is 0 Å². The molecule has 3 aromatic rings. The van der Waals surface area contributed by atoms with Crippen molar-refractivity contribution >= 4 is 23.4 Å². The van der Waals surface area contributed by atoms with Crippen molar-refractivity contribution in [2.24, 2.45) is 0 Å². The number of carbonyl (C=O) groups is 1. The van der Waals surface area contributed by atoms with Gasteiger partial charge in [0.1, 0.15) is 16.8 Å². The number of hydrogen-bond acceptors (Lipinski definition) is 5. The summed E-state index contributed by atoms with van der Waals surface area (Å²) in [4.78, 5) is 13.3. The minimum absolute atomic E-state index is 0.0744. The van der Waals surface area contributed by atoms with Gasteiger partial charge in [0.25, 0.3) is 0 Å². The third kappa shape index (κ3) is 4.07. The van der Waals surface area contributed by atoms with Gasteiger partial charge in [-0.1, -0.05) is 42.1 Å². The van der Waals surface area contributed by atoms with Crippen LogP contribution in [-0.4, -0.2) is 27.8 Å². The van der Waals surface area contributed by atoms with E-state index in [1.165, 1.54) is 37.4 Å². The van der Waals surface area contributed by atoms with Crippen molar-refractivity contribution in [1.29, 1.82) is 0 Å². The molecule has 2 aliphatic rings. The minimum atomic E-state index is -0.415. The van der Waals surface area contributed by atoms with E-state index in [9.17, 15) is 4.79 Å². The number of ether oxygens (including phenoxy) is 1. The third-order valence-electron chi connectivity index (χ3n) is 5.47. The summed E-state index contributed by atoms with van der Waals surface area (Å²) in [5.41, 5.74) is 1.69. The van der Waals surface area contributed by atoms with E-state index in [1.54, 1.807) is 7.11 Å². The monoisotopic (exact) mass is 420 g/mol. The molecule has 5 rings (SSSR count). The number of nitrogens with one attached hydrogen (secondary N) is 1. The molecule has 1 amide bonds. The van der Waals surface area contributed by atoms with Crippen LogP contribution in [0.3, 0.4) is 0 Å². The second-order valence-corrected chi connectivity index (χ2v) is 8.91. The summed E-state index contributed by atoms with van der Waals surface area (Å²) in [5, 5.41) is 12.5. The molecule has 6 nitrogen and oxygen atoms in total. The van der Waals surface area contributed by atoms with Gasteiger partial charge in [0, 0.05) is 17.6 Å². The SMILES string of the molecule is COc1ccc(NC(=O)C(Sc2nnc(C3CC3)n2C2CC2)c2ccccc2)cc1. The molecule has 0 radical (unpaired) electrons. The Labute approximate surface area is 180 Å². The molecular formula is C23H24N4O2S. The number of nitrogens with zero attached hydrogens (tertiary/aromatic N) is 3. The van der Waals surface area contributed by atoms with E-state index in [-0.39, 0.29) is 5.91 Å². The molecule has 0 saturated heterocycles. The van der Waals surface area contributed by atoms with Crippen molar-refractivity contribution in [2.45, 2.75) is 48.0 Å². The lowest BCUT2D eigenvalue weighted by atomic mass is 10.1. The van der Waals surface area contributed by atoms with E-state index in [2.05, 4.69) is 20.1 Å². The lowest BCUT2D eigenvalue weighted by Crippen LogP contribution is -2.19. The second-order valence-electron chi connectivity index (χ2n) is 7.84. The number of hydrogen-bond donors (Lipinski definition) is 1. The number of anilines is 1.